The molecule has 1 aromatic carbocycles. The number of morpholine rings is 1. The fraction of sp³-hybridized carbons (Fsp3) is 0.250. The monoisotopic (exact) mass is 331 g/mol. The Morgan fingerprint density at radius 2 is 2.00 bits per heavy atom. The number of thiophene rings is 1. The quantitative estimate of drug-likeness (QED) is 0.800. The van der Waals surface area contributed by atoms with Gasteiger partial charge >= 0.3 is 0 Å². The van der Waals surface area contributed by atoms with Gasteiger partial charge in [0.1, 0.15) is 6.04 Å². The molecule has 2 heterocycles. The van der Waals surface area contributed by atoms with Crippen LogP contribution in [0.1, 0.15) is 9.67 Å². The van der Waals surface area contributed by atoms with Crippen LogP contribution in [0.5, 0.6) is 0 Å². The molecule has 0 saturated carbocycles. The van der Waals surface area contributed by atoms with E-state index in [1.807, 2.05) is 11.4 Å². The SMILES string of the molecule is O=C(Nc1cccc(NC(=O)C2COCCN2)c1)c1cccs1. The van der Waals surface area contributed by atoms with Crippen LogP contribution < -0.4 is 16.0 Å². The van der Waals surface area contributed by atoms with Gasteiger partial charge in [0.05, 0.1) is 18.1 Å². The summed E-state index contributed by atoms with van der Waals surface area (Å²) in [6.45, 7) is 1.64. The van der Waals surface area contributed by atoms with Crippen LogP contribution in [0.2, 0.25) is 0 Å². The molecule has 1 unspecified atom stereocenters. The molecule has 6 nitrogen and oxygen atoms in total. The van der Waals surface area contributed by atoms with E-state index < -0.39 is 0 Å². The molecule has 0 aliphatic carbocycles. The summed E-state index contributed by atoms with van der Waals surface area (Å²) in [6, 6.07) is 10.3. The van der Waals surface area contributed by atoms with E-state index in [0.29, 0.717) is 36.0 Å². The van der Waals surface area contributed by atoms with Crippen LogP contribution in [-0.2, 0) is 9.53 Å². The Balaban J connectivity index is 1.62. The van der Waals surface area contributed by atoms with E-state index in [1.165, 1.54) is 11.3 Å². The molecule has 3 rings (SSSR count). The molecule has 7 heteroatoms. The number of carbonyl (C=O) groups is 2. The van der Waals surface area contributed by atoms with E-state index in [4.69, 9.17) is 4.74 Å². The number of amides is 2. The lowest BCUT2D eigenvalue weighted by Gasteiger charge is -2.23. The summed E-state index contributed by atoms with van der Waals surface area (Å²) >= 11 is 1.38. The lowest BCUT2D eigenvalue weighted by Crippen LogP contribution is -2.48. The molecule has 1 aliphatic rings. The van der Waals surface area contributed by atoms with Crippen LogP contribution in [0, 0.1) is 0 Å². The summed E-state index contributed by atoms with van der Waals surface area (Å²) in [5, 5.41) is 10.6. The maximum Gasteiger partial charge on any atom is 0.265 e. The van der Waals surface area contributed by atoms with Crippen molar-refractivity contribution in [3.05, 3.63) is 46.7 Å². The van der Waals surface area contributed by atoms with Crippen molar-refractivity contribution in [3.8, 4) is 0 Å². The second-order valence-electron chi connectivity index (χ2n) is 5.08. The van der Waals surface area contributed by atoms with Crippen molar-refractivity contribution in [3.63, 3.8) is 0 Å². The van der Waals surface area contributed by atoms with Crippen molar-refractivity contribution in [1.29, 1.82) is 0 Å². The maximum atomic E-state index is 12.1. The minimum Gasteiger partial charge on any atom is -0.378 e. The normalized spacial score (nSPS) is 17.5. The number of ether oxygens (including phenoxy) is 1. The van der Waals surface area contributed by atoms with Crippen LogP contribution in [0.3, 0.4) is 0 Å². The van der Waals surface area contributed by atoms with E-state index in [1.54, 1.807) is 30.3 Å². The van der Waals surface area contributed by atoms with Crippen LogP contribution in [0.25, 0.3) is 0 Å². The molecule has 2 aromatic rings. The third-order valence-corrected chi connectivity index (χ3v) is 4.24. The van der Waals surface area contributed by atoms with E-state index in [2.05, 4.69) is 16.0 Å². The van der Waals surface area contributed by atoms with E-state index in [-0.39, 0.29) is 17.9 Å². The van der Waals surface area contributed by atoms with Gasteiger partial charge in [0.25, 0.3) is 5.91 Å². The first-order valence-corrected chi connectivity index (χ1v) is 8.17. The predicted octanol–water partition coefficient (Wildman–Crippen LogP) is 1.93. The average Bonchev–Trinajstić information content (AvgIpc) is 3.10. The highest BCUT2D eigenvalue weighted by atomic mass is 32.1. The molecule has 0 spiro atoms. The molecule has 120 valence electrons. The average molecular weight is 331 g/mol. The topological polar surface area (TPSA) is 79.5 Å². The molecular weight excluding hydrogens is 314 g/mol. The van der Waals surface area contributed by atoms with Crippen LogP contribution >= 0.6 is 11.3 Å². The Morgan fingerprint density at radius 1 is 1.17 bits per heavy atom. The van der Waals surface area contributed by atoms with Gasteiger partial charge in [-0.05, 0) is 29.6 Å². The minimum atomic E-state index is -0.354. The van der Waals surface area contributed by atoms with Crippen LogP contribution in [0.15, 0.2) is 41.8 Å². The molecule has 1 fully saturated rings. The first-order valence-electron chi connectivity index (χ1n) is 7.29. The number of carbonyl (C=O) groups excluding carboxylic acids is 2. The lowest BCUT2D eigenvalue weighted by molar-refractivity contribution is -0.120. The lowest BCUT2D eigenvalue weighted by atomic mass is 10.2. The summed E-state index contributed by atoms with van der Waals surface area (Å²) < 4.78 is 5.28. The van der Waals surface area contributed by atoms with Gasteiger partial charge in [-0.15, -0.1) is 11.3 Å². The Hall–Kier alpha value is -2.22. The summed E-state index contributed by atoms with van der Waals surface area (Å²) in [4.78, 5) is 24.8. The fourth-order valence-corrected chi connectivity index (χ4v) is 2.86. The molecule has 3 N–H and O–H groups in total. The van der Waals surface area contributed by atoms with Crippen molar-refractivity contribution in [2.24, 2.45) is 0 Å². The zero-order valence-electron chi connectivity index (χ0n) is 12.4. The first-order chi connectivity index (χ1) is 11.2. The largest absolute Gasteiger partial charge is 0.378 e. The van der Waals surface area contributed by atoms with Crippen molar-refractivity contribution in [2.45, 2.75) is 6.04 Å². The van der Waals surface area contributed by atoms with Crippen molar-refractivity contribution in [2.75, 3.05) is 30.4 Å². The molecule has 1 aliphatic heterocycles. The smallest absolute Gasteiger partial charge is 0.265 e. The highest BCUT2D eigenvalue weighted by molar-refractivity contribution is 7.12. The fourth-order valence-electron chi connectivity index (χ4n) is 2.24. The van der Waals surface area contributed by atoms with Gasteiger partial charge in [-0.2, -0.15) is 0 Å². The Morgan fingerprint density at radius 3 is 2.70 bits per heavy atom. The first kappa shape index (κ1) is 15.7. The van der Waals surface area contributed by atoms with Crippen molar-refractivity contribution < 1.29 is 14.3 Å². The number of nitrogens with one attached hydrogen (secondary N) is 3. The third kappa shape index (κ3) is 4.16. The Bertz CT molecular complexity index is 682. The highest BCUT2D eigenvalue weighted by Gasteiger charge is 2.21. The third-order valence-electron chi connectivity index (χ3n) is 3.37. The molecule has 23 heavy (non-hydrogen) atoms. The standard InChI is InChI=1S/C16H17N3O3S/c20-15(13-10-22-7-6-17-13)18-11-3-1-4-12(9-11)19-16(21)14-5-2-8-23-14/h1-5,8-9,13,17H,6-7,10H2,(H,18,20)(H,19,21). The number of hydrogen-bond acceptors (Lipinski definition) is 5. The van der Waals surface area contributed by atoms with Crippen molar-refractivity contribution in [1.82, 2.24) is 5.32 Å². The molecule has 1 atom stereocenters. The number of anilines is 2. The number of rotatable bonds is 4. The minimum absolute atomic E-state index is 0.147. The summed E-state index contributed by atoms with van der Waals surface area (Å²) in [6.07, 6.45) is 0. The van der Waals surface area contributed by atoms with Gasteiger partial charge in [-0.1, -0.05) is 12.1 Å². The highest BCUT2D eigenvalue weighted by Crippen LogP contribution is 2.18. The summed E-state index contributed by atoms with van der Waals surface area (Å²) in [5.41, 5.74) is 1.26. The maximum absolute atomic E-state index is 12.1. The van der Waals surface area contributed by atoms with Gasteiger partial charge in [-0.3, -0.25) is 9.59 Å². The van der Waals surface area contributed by atoms with E-state index >= 15 is 0 Å². The van der Waals surface area contributed by atoms with Gasteiger partial charge in [0, 0.05) is 17.9 Å². The Labute approximate surface area is 137 Å². The zero-order valence-corrected chi connectivity index (χ0v) is 13.2. The van der Waals surface area contributed by atoms with Gasteiger partial charge in [-0.25, -0.2) is 0 Å². The van der Waals surface area contributed by atoms with Crippen LogP contribution in [0.4, 0.5) is 11.4 Å². The Kier molecular flexibility index (Phi) is 5.02. The number of hydrogen-bond donors (Lipinski definition) is 3. The molecule has 0 bridgehead atoms. The molecule has 2 amide bonds. The molecular formula is C16H17N3O3S. The summed E-state index contributed by atoms with van der Waals surface area (Å²) in [5.74, 6) is -0.308. The van der Waals surface area contributed by atoms with Gasteiger partial charge in [0.2, 0.25) is 5.91 Å². The molecule has 1 saturated heterocycles. The number of benzene rings is 1. The molecule has 1 aromatic heterocycles. The second kappa shape index (κ2) is 7.36. The van der Waals surface area contributed by atoms with Gasteiger partial charge < -0.3 is 20.7 Å². The van der Waals surface area contributed by atoms with Gasteiger partial charge in [0.15, 0.2) is 0 Å². The zero-order chi connectivity index (χ0) is 16.1. The summed E-state index contributed by atoms with van der Waals surface area (Å²) in [7, 11) is 0. The van der Waals surface area contributed by atoms with E-state index in [0.717, 1.165) is 0 Å². The molecule has 0 radical (unpaired) electrons. The van der Waals surface area contributed by atoms with Crippen LogP contribution in [-0.4, -0.2) is 37.6 Å². The van der Waals surface area contributed by atoms with E-state index in [9.17, 15) is 9.59 Å². The predicted molar refractivity (Wildman–Crippen MR) is 90.0 cm³/mol. The van der Waals surface area contributed by atoms with Crippen molar-refractivity contribution >= 4 is 34.5 Å². The second-order valence-corrected chi connectivity index (χ2v) is 6.03.